The van der Waals surface area contributed by atoms with Crippen LogP contribution in [0.4, 0.5) is 0 Å². The lowest BCUT2D eigenvalue weighted by atomic mass is 9.85. The SMILES string of the molecule is CCc1c(O)cc2c(c1O)C(=O)CC[C@@H]2O. The highest BCUT2D eigenvalue weighted by Gasteiger charge is 2.29. The zero-order valence-corrected chi connectivity index (χ0v) is 9.03. The van der Waals surface area contributed by atoms with Gasteiger partial charge in [-0.25, -0.2) is 0 Å². The predicted octanol–water partition coefficient (Wildman–Crippen LogP) is 1.67. The van der Waals surface area contributed by atoms with Gasteiger partial charge in [-0.3, -0.25) is 4.79 Å². The van der Waals surface area contributed by atoms with E-state index in [1.54, 1.807) is 6.92 Å². The van der Waals surface area contributed by atoms with E-state index in [1.807, 2.05) is 0 Å². The molecule has 4 nitrogen and oxygen atoms in total. The first kappa shape index (κ1) is 11.0. The van der Waals surface area contributed by atoms with Gasteiger partial charge in [0.25, 0.3) is 0 Å². The quantitative estimate of drug-likeness (QED) is 0.675. The maximum absolute atomic E-state index is 11.7. The number of rotatable bonds is 1. The van der Waals surface area contributed by atoms with Crippen molar-refractivity contribution < 1.29 is 20.1 Å². The summed E-state index contributed by atoms with van der Waals surface area (Å²) < 4.78 is 0. The molecule has 0 aliphatic heterocycles. The fraction of sp³-hybridized carbons (Fsp3) is 0.417. The third kappa shape index (κ3) is 1.46. The van der Waals surface area contributed by atoms with E-state index in [1.165, 1.54) is 6.07 Å². The molecule has 1 aromatic rings. The van der Waals surface area contributed by atoms with Crippen LogP contribution in [0.2, 0.25) is 0 Å². The lowest BCUT2D eigenvalue weighted by Crippen LogP contribution is -2.16. The topological polar surface area (TPSA) is 77.8 Å². The van der Waals surface area contributed by atoms with Crippen LogP contribution in [0.1, 0.15) is 47.4 Å². The van der Waals surface area contributed by atoms with Crippen molar-refractivity contribution in [1.29, 1.82) is 0 Å². The van der Waals surface area contributed by atoms with E-state index in [0.717, 1.165) is 0 Å². The van der Waals surface area contributed by atoms with Crippen molar-refractivity contribution in [1.82, 2.24) is 0 Å². The van der Waals surface area contributed by atoms with Crippen molar-refractivity contribution in [2.45, 2.75) is 32.3 Å². The number of aromatic hydroxyl groups is 2. The minimum Gasteiger partial charge on any atom is -0.508 e. The molecule has 86 valence electrons. The monoisotopic (exact) mass is 222 g/mol. The zero-order valence-electron chi connectivity index (χ0n) is 9.03. The van der Waals surface area contributed by atoms with Crippen LogP contribution in [0.15, 0.2) is 6.07 Å². The van der Waals surface area contributed by atoms with E-state index in [4.69, 9.17) is 0 Å². The Labute approximate surface area is 93.2 Å². The van der Waals surface area contributed by atoms with E-state index in [0.29, 0.717) is 24.0 Å². The van der Waals surface area contributed by atoms with Crippen LogP contribution < -0.4 is 0 Å². The molecule has 0 aromatic heterocycles. The van der Waals surface area contributed by atoms with Gasteiger partial charge in [-0.15, -0.1) is 0 Å². The second kappa shape index (κ2) is 3.79. The highest BCUT2D eigenvalue weighted by Crippen LogP contribution is 2.41. The first-order valence-corrected chi connectivity index (χ1v) is 5.35. The summed E-state index contributed by atoms with van der Waals surface area (Å²) in [5.74, 6) is -0.416. The Kier molecular flexibility index (Phi) is 2.59. The number of fused-ring (bicyclic) bond motifs is 1. The number of benzene rings is 1. The molecular weight excluding hydrogens is 208 g/mol. The molecule has 0 saturated carbocycles. The largest absolute Gasteiger partial charge is 0.508 e. The van der Waals surface area contributed by atoms with Gasteiger partial charge >= 0.3 is 0 Å². The molecule has 1 atom stereocenters. The van der Waals surface area contributed by atoms with Gasteiger partial charge in [0, 0.05) is 12.0 Å². The molecule has 1 aliphatic rings. The fourth-order valence-corrected chi connectivity index (χ4v) is 2.17. The van der Waals surface area contributed by atoms with Crippen LogP contribution in [0.25, 0.3) is 0 Å². The minimum atomic E-state index is -0.782. The summed E-state index contributed by atoms with van der Waals surface area (Å²) in [6.07, 6.45) is 0.232. The number of aliphatic hydroxyl groups excluding tert-OH is 1. The number of aliphatic hydroxyl groups is 1. The standard InChI is InChI=1S/C12H14O4/c1-2-6-10(15)5-7-8(13)3-4-9(14)11(7)12(6)16/h5,8,13,15-16H,2-4H2,1H3/t8-/m0/s1. The molecule has 0 unspecified atom stereocenters. The van der Waals surface area contributed by atoms with E-state index < -0.39 is 6.10 Å². The predicted molar refractivity (Wildman–Crippen MR) is 57.7 cm³/mol. The molecule has 4 heteroatoms. The van der Waals surface area contributed by atoms with E-state index in [-0.39, 0.29) is 29.3 Å². The summed E-state index contributed by atoms with van der Waals surface area (Å²) in [7, 11) is 0. The van der Waals surface area contributed by atoms with Crippen molar-refractivity contribution >= 4 is 5.78 Å². The Morgan fingerprint density at radius 3 is 2.75 bits per heavy atom. The molecule has 0 amide bonds. The summed E-state index contributed by atoms with van der Waals surface area (Å²) in [5.41, 5.74) is 0.873. The summed E-state index contributed by atoms with van der Waals surface area (Å²) in [4.78, 5) is 11.7. The first-order valence-electron chi connectivity index (χ1n) is 5.35. The molecule has 0 saturated heterocycles. The van der Waals surface area contributed by atoms with Crippen molar-refractivity contribution in [3.63, 3.8) is 0 Å². The van der Waals surface area contributed by atoms with Crippen LogP contribution in [0.5, 0.6) is 11.5 Å². The lowest BCUT2D eigenvalue weighted by Gasteiger charge is -2.23. The van der Waals surface area contributed by atoms with Gasteiger partial charge in [0.15, 0.2) is 5.78 Å². The lowest BCUT2D eigenvalue weighted by molar-refractivity contribution is 0.0892. The van der Waals surface area contributed by atoms with Crippen LogP contribution in [0.3, 0.4) is 0 Å². The number of hydrogen-bond acceptors (Lipinski definition) is 4. The first-order chi connectivity index (χ1) is 7.56. The third-order valence-electron chi connectivity index (χ3n) is 3.05. The van der Waals surface area contributed by atoms with Crippen molar-refractivity contribution in [2.24, 2.45) is 0 Å². The molecule has 0 radical (unpaired) electrons. The maximum Gasteiger partial charge on any atom is 0.167 e. The Morgan fingerprint density at radius 1 is 1.44 bits per heavy atom. The van der Waals surface area contributed by atoms with Crippen LogP contribution >= 0.6 is 0 Å². The van der Waals surface area contributed by atoms with Gasteiger partial charge in [-0.2, -0.15) is 0 Å². The Morgan fingerprint density at radius 2 is 2.12 bits per heavy atom. The van der Waals surface area contributed by atoms with Crippen molar-refractivity contribution in [3.05, 3.63) is 22.8 Å². The average molecular weight is 222 g/mol. The molecule has 3 N–H and O–H groups in total. The number of carbonyl (C=O) groups is 1. The number of phenolic OH excluding ortho intramolecular Hbond substituents is 2. The number of hydrogen-bond donors (Lipinski definition) is 3. The van der Waals surface area contributed by atoms with Gasteiger partial charge in [-0.05, 0) is 24.5 Å². The molecule has 0 heterocycles. The summed E-state index contributed by atoms with van der Waals surface area (Å²) in [6, 6.07) is 1.38. The smallest absolute Gasteiger partial charge is 0.167 e. The van der Waals surface area contributed by atoms with Gasteiger partial charge in [0.2, 0.25) is 0 Å². The maximum atomic E-state index is 11.7. The van der Waals surface area contributed by atoms with Crippen molar-refractivity contribution in [3.8, 4) is 11.5 Å². The molecule has 2 rings (SSSR count). The van der Waals surface area contributed by atoms with Gasteiger partial charge in [0.1, 0.15) is 11.5 Å². The van der Waals surface area contributed by atoms with Crippen LogP contribution in [0, 0.1) is 0 Å². The van der Waals surface area contributed by atoms with Gasteiger partial charge in [0.05, 0.1) is 11.7 Å². The average Bonchev–Trinajstić information content (AvgIpc) is 2.24. The van der Waals surface area contributed by atoms with Crippen LogP contribution in [-0.4, -0.2) is 21.1 Å². The molecule has 16 heavy (non-hydrogen) atoms. The molecule has 1 aromatic carbocycles. The summed E-state index contributed by atoms with van der Waals surface area (Å²) >= 11 is 0. The van der Waals surface area contributed by atoms with Crippen LogP contribution in [-0.2, 0) is 6.42 Å². The molecule has 1 aliphatic carbocycles. The molecule has 0 fully saturated rings. The Balaban J connectivity index is 2.71. The number of carbonyl (C=O) groups excluding carboxylic acids is 1. The number of Topliss-reactive ketones (excluding diaryl/α,β-unsaturated/α-hetero) is 1. The molecule has 0 bridgehead atoms. The number of ketones is 1. The minimum absolute atomic E-state index is 0.0625. The van der Waals surface area contributed by atoms with Gasteiger partial charge in [-0.1, -0.05) is 6.92 Å². The van der Waals surface area contributed by atoms with E-state index in [2.05, 4.69) is 0 Å². The second-order valence-corrected chi connectivity index (χ2v) is 4.02. The summed E-state index contributed by atoms with van der Waals surface area (Å²) in [5, 5.41) is 29.3. The third-order valence-corrected chi connectivity index (χ3v) is 3.05. The van der Waals surface area contributed by atoms with Crippen molar-refractivity contribution in [2.75, 3.05) is 0 Å². The van der Waals surface area contributed by atoms with Gasteiger partial charge < -0.3 is 15.3 Å². The molecule has 0 spiro atoms. The highest BCUT2D eigenvalue weighted by atomic mass is 16.3. The zero-order chi connectivity index (χ0) is 11.9. The van der Waals surface area contributed by atoms with E-state index >= 15 is 0 Å². The van der Waals surface area contributed by atoms with E-state index in [9.17, 15) is 20.1 Å². The normalized spacial score (nSPS) is 19.6. The fourth-order valence-electron chi connectivity index (χ4n) is 2.17. The highest BCUT2D eigenvalue weighted by molar-refractivity contribution is 6.01. The Bertz CT molecular complexity index is 451. The Hall–Kier alpha value is -1.55. The second-order valence-electron chi connectivity index (χ2n) is 4.02. The summed E-state index contributed by atoms with van der Waals surface area (Å²) in [6.45, 7) is 1.78. The number of phenols is 2. The molecular formula is C12H14O4.